The highest BCUT2D eigenvalue weighted by Crippen LogP contribution is 2.48. The molecule has 11 nitrogen and oxygen atoms in total. The predicted molar refractivity (Wildman–Crippen MR) is 191 cm³/mol. The van der Waals surface area contributed by atoms with Crippen LogP contribution >= 0.6 is 11.6 Å². The van der Waals surface area contributed by atoms with Gasteiger partial charge in [-0.3, -0.25) is 0 Å². The van der Waals surface area contributed by atoms with Crippen LogP contribution in [0, 0.1) is 11.8 Å². The van der Waals surface area contributed by atoms with Gasteiger partial charge in [-0.15, -0.1) is 0 Å². The number of rotatable bonds is 11. The van der Waals surface area contributed by atoms with Crippen molar-refractivity contribution in [3.8, 4) is 17.2 Å². The third-order valence-corrected chi connectivity index (χ3v) is 12.5. The number of benzene rings is 3. The largest absolute Gasteiger partial charge is 0.482 e. The Morgan fingerprint density at radius 2 is 1.73 bits per heavy atom. The van der Waals surface area contributed by atoms with Gasteiger partial charge in [0.15, 0.2) is 6.61 Å². The number of aliphatic carboxylic acids is 1. The van der Waals surface area contributed by atoms with Gasteiger partial charge in [-0.1, -0.05) is 60.2 Å². The molecular formula is C38H43ClN2O9S. The van der Waals surface area contributed by atoms with Crippen molar-refractivity contribution in [2.24, 2.45) is 11.8 Å². The number of sulfonamides is 1. The van der Waals surface area contributed by atoms with Gasteiger partial charge < -0.3 is 29.0 Å². The van der Waals surface area contributed by atoms with Gasteiger partial charge in [0.05, 0.1) is 17.5 Å². The third-order valence-electron chi connectivity index (χ3n) is 9.86. The molecule has 3 fully saturated rings. The standard InChI is InChI=1S/C38H43ClN2O9S/c1-25(2)32-19-27-22-41(51(45,46)31-13-16-40(17-14-31)38(44)48-23-26-7-4-3-5-8-26)18-15-34(27)50-37(32)33-21-30(11-12-35(33)47-24-36(42)43)49-29-10-6-9-28(39)20-29/h3-12,20-21,27,31-32,34,37H,1,13-19,22-24H2,2H3,(H,42,43)/t27-,32-,34+,37+/m0/s1. The highest BCUT2D eigenvalue weighted by molar-refractivity contribution is 7.89. The van der Waals surface area contributed by atoms with Gasteiger partial charge in [0, 0.05) is 42.7 Å². The van der Waals surface area contributed by atoms with Crippen LogP contribution in [0.5, 0.6) is 17.2 Å². The monoisotopic (exact) mass is 738 g/mol. The Kier molecular flexibility index (Phi) is 11.6. The lowest BCUT2D eigenvalue weighted by Gasteiger charge is -2.47. The number of carbonyl (C=O) groups excluding carboxylic acids is 1. The minimum Gasteiger partial charge on any atom is -0.482 e. The number of carbonyl (C=O) groups is 2. The van der Waals surface area contributed by atoms with Crippen molar-refractivity contribution in [2.45, 2.75) is 56.7 Å². The summed E-state index contributed by atoms with van der Waals surface area (Å²) in [5.74, 6) is 0.0133. The quantitative estimate of drug-likeness (QED) is 0.205. The van der Waals surface area contributed by atoms with E-state index in [9.17, 15) is 23.1 Å². The van der Waals surface area contributed by atoms with Crippen LogP contribution in [0.2, 0.25) is 5.02 Å². The number of hydrogen-bond donors (Lipinski definition) is 1. The van der Waals surface area contributed by atoms with E-state index in [0.29, 0.717) is 79.7 Å². The number of halogens is 1. The fourth-order valence-electron chi connectivity index (χ4n) is 7.20. The van der Waals surface area contributed by atoms with E-state index >= 15 is 0 Å². The van der Waals surface area contributed by atoms with Crippen molar-refractivity contribution in [3.05, 3.63) is 101 Å². The first-order valence-electron chi connectivity index (χ1n) is 17.2. The van der Waals surface area contributed by atoms with Gasteiger partial charge >= 0.3 is 12.1 Å². The van der Waals surface area contributed by atoms with Gasteiger partial charge in [-0.2, -0.15) is 0 Å². The summed E-state index contributed by atoms with van der Waals surface area (Å²) in [5, 5.41) is 9.28. The zero-order chi connectivity index (χ0) is 36.1. The topological polar surface area (TPSA) is 132 Å². The van der Waals surface area contributed by atoms with Crippen molar-refractivity contribution in [2.75, 3.05) is 32.8 Å². The summed E-state index contributed by atoms with van der Waals surface area (Å²) in [5.41, 5.74) is 2.38. The highest BCUT2D eigenvalue weighted by Gasteiger charge is 2.46. The molecule has 272 valence electrons. The Balaban J connectivity index is 1.12. The molecule has 6 rings (SSSR count). The summed E-state index contributed by atoms with van der Waals surface area (Å²) in [4.78, 5) is 25.7. The number of nitrogens with zero attached hydrogens (tertiary/aromatic N) is 2. The molecular weight excluding hydrogens is 696 g/mol. The number of carboxylic acids is 1. The SMILES string of the molecule is C=C(C)[C@@H]1C[C@H]2CN(S(=O)(=O)C3CCN(C(=O)OCc4ccccc4)CC3)CC[C@H]2O[C@H]1c1cc(Oc2cccc(Cl)c2)ccc1OCC(=O)O. The molecule has 0 spiro atoms. The van der Waals surface area contributed by atoms with Gasteiger partial charge in [0.25, 0.3) is 0 Å². The Bertz CT molecular complexity index is 1830. The average Bonchev–Trinajstić information content (AvgIpc) is 3.13. The third kappa shape index (κ3) is 8.86. The number of hydrogen-bond acceptors (Lipinski definition) is 8. The van der Waals surface area contributed by atoms with Crippen LogP contribution in [0.4, 0.5) is 4.79 Å². The molecule has 0 aromatic heterocycles. The van der Waals surface area contributed by atoms with Crippen molar-refractivity contribution < 1.29 is 42.1 Å². The molecule has 1 amide bonds. The summed E-state index contributed by atoms with van der Waals surface area (Å²) < 4.78 is 53.5. The zero-order valence-electron chi connectivity index (χ0n) is 28.5. The van der Waals surface area contributed by atoms with Crippen LogP contribution in [-0.2, 0) is 30.9 Å². The minimum absolute atomic E-state index is 0.0752. The number of ether oxygens (including phenoxy) is 4. The van der Waals surface area contributed by atoms with E-state index < -0.39 is 40.0 Å². The molecule has 3 heterocycles. The molecule has 13 heteroatoms. The van der Waals surface area contributed by atoms with Crippen LogP contribution in [-0.4, -0.2) is 78.9 Å². The summed E-state index contributed by atoms with van der Waals surface area (Å²) >= 11 is 6.16. The molecule has 0 radical (unpaired) electrons. The van der Waals surface area contributed by atoms with Crippen molar-refractivity contribution >= 4 is 33.7 Å². The number of carboxylic acid groups (broad SMARTS) is 1. The summed E-state index contributed by atoms with van der Waals surface area (Å²) in [6.07, 6.45) is 0.610. The second-order valence-corrected chi connectivity index (χ2v) is 16.1. The van der Waals surface area contributed by atoms with E-state index in [-0.39, 0.29) is 24.5 Å². The maximum Gasteiger partial charge on any atom is 0.410 e. The lowest BCUT2D eigenvalue weighted by molar-refractivity contribution is -0.139. The first-order valence-corrected chi connectivity index (χ1v) is 19.0. The van der Waals surface area contributed by atoms with E-state index in [1.807, 2.05) is 37.3 Å². The molecule has 1 N–H and O–H groups in total. The van der Waals surface area contributed by atoms with E-state index in [4.69, 9.17) is 30.5 Å². The minimum atomic E-state index is -3.63. The molecule has 51 heavy (non-hydrogen) atoms. The number of piperidine rings is 2. The molecule has 3 saturated heterocycles. The van der Waals surface area contributed by atoms with Gasteiger partial charge in [0.1, 0.15) is 23.9 Å². The molecule has 0 aliphatic carbocycles. The fraction of sp³-hybridized carbons (Fsp3) is 0.421. The molecule has 4 atom stereocenters. The van der Waals surface area contributed by atoms with Crippen molar-refractivity contribution in [1.29, 1.82) is 0 Å². The molecule has 3 aliphatic rings. The Labute approximate surface area is 303 Å². The van der Waals surface area contributed by atoms with E-state index in [2.05, 4.69) is 6.58 Å². The average molecular weight is 739 g/mol. The fourth-order valence-corrected chi connectivity index (χ4v) is 9.37. The second-order valence-electron chi connectivity index (χ2n) is 13.4. The number of fused-ring (bicyclic) bond motifs is 1. The van der Waals surface area contributed by atoms with Gasteiger partial charge in [-0.05, 0) is 80.5 Å². The van der Waals surface area contributed by atoms with Gasteiger partial charge in [0.2, 0.25) is 10.0 Å². The summed E-state index contributed by atoms with van der Waals surface area (Å²) in [6, 6.07) is 21.6. The molecule has 3 aromatic carbocycles. The zero-order valence-corrected chi connectivity index (χ0v) is 30.1. The highest BCUT2D eigenvalue weighted by atomic mass is 35.5. The first-order chi connectivity index (χ1) is 24.5. The summed E-state index contributed by atoms with van der Waals surface area (Å²) in [7, 11) is -3.63. The lowest BCUT2D eigenvalue weighted by atomic mass is 9.76. The smallest absolute Gasteiger partial charge is 0.410 e. The van der Waals surface area contributed by atoms with E-state index in [1.165, 1.54) is 0 Å². The van der Waals surface area contributed by atoms with Crippen molar-refractivity contribution in [1.82, 2.24) is 9.21 Å². The second kappa shape index (κ2) is 16.1. The van der Waals surface area contributed by atoms with Crippen LogP contribution in [0.15, 0.2) is 84.9 Å². The number of likely N-dealkylation sites (tertiary alicyclic amines) is 1. The maximum absolute atomic E-state index is 13.9. The molecule has 3 aromatic rings. The number of amides is 1. The molecule has 0 saturated carbocycles. The predicted octanol–water partition coefficient (Wildman–Crippen LogP) is 7.07. The van der Waals surface area contributed by atoms with E-state index in [1.54, 1.807) is 51.7 Å². The first kappa shape index (κ1) is 36.7. The van der Waals surface area contributed by atoms with Crippen LogP contribution in [0.3, 0.4) is 0 Å². The van der Waals surface area contributed by atoms with Gasteiger partial charge in [-0.25, -0.2) is 22.3 Å². The van der Waals surface area contributed by atoms with Crippen LogP contribution in [0.25, 0.3) is 0 Å². The Hall–Kier alpha value is -4.10. The van der Waals surface area contributed by atoms with Crippen molar-refractivity contribution in [3.63, 3.8) is 0 Å². The normalized spacial score (nSPS) is 22.8. The van der Waals surface area contributed by atoms with Crippen LogP contribution < -0.4 is 9.47 Å². The molecule has 0 bridgehead atoms. The molecule has 3 aliphatic heterocycles. The lowest BCUT2D eigenvalue weighted by Crippen LogP contribution is -2.54. The Morgan fingerprint density at radius 3 is 2.43 bits per heavy atom. The maximum atomic E-state index is 13.9. The molecule has 0 unspecified atom stereocenters. The van der Waals surface area contributed by atoms with E-state index in [0.717, 1.165) is 11.1 Å². The Morgan fingerprint density at radius 1 is 0.980 bits per heavy atom. The summed E-state index contributed by atoms with van der Waals surface area (Å²) in [6.45, 7) is 7.07. The van der Waals surface area contributed by atoms with Crippen LogP contribution in [0.1, 0.15) is 49.8 Å².